The van der Waals surface area contributed by atoms with Gasteiger partial charge in [0.15, 0.2) is 11.5 Å². The van der Waals surface area contributed by atoms with E-state index in [1.54, 1.807) is 7.11 Å². The number of hydrogen-bond donors (Lipinski definition) is 1. The molecule has 0 atom stereocenters. The van der Waals surface area contributed by atoms with Crippen molar-refractivity contribution in [1.29, 1.82) is 0 Å². The number of ether oxygens (including phenoxy) is 1. The summed E-state index contributed by atoms with van der Waals surface area (Å²) in [6.07, 6.45) is 1.50. The van der Waals surface area contributed by atoms with Gasteiger partial charge >= 0.3 is 0 Å². The minimum Gasteiger partial charge on any atom is -0.497 e. The topological polar surface area (TPSA) is 64.1 Å². The maximum atomic E-state index is 11.3. The summed E-state index contributed by atoms with van der Waals surface area (Å²) in [6, 6.07) is 7.55. The maximum Gasteiger partial charge on any atom is 0.274 e. The molecule has 1 aromatic heterocycles. The molecule has 0 aliphatic heterocycles. The van der Waals surface area contributed by atoms with Crippen molar-refractivity contribution < 1.29 is 9.53 Å². The van der Waals surface area contributed by atoms with Gasteiger partial charge in [-0.25, -0.2) is 9.97 Å². The molecule has 20 heavy (non-hydrogen) atoms. The number of carbonyl (C=O) groups is 1. The van der Waals surface area contributed by atoms with E-state index < -0.39 is 5.24 Å². The Kier molecular flexibility index (Phi) is 4.92. The normalized spacial score (nSPS) is 10.2. The van der Waals surface area contributed by atoms with Crippen molar-refractivity contribution in [1.82, 2.24) is 9.97 Å². The number of carbonyl (C=O) groups excluding carboxylic acids is 1. The molecule has 104 valence electrons. The number of anilines is 1. The van der Waals surface area contributed by atoms with E-state index in [0.717, 1.165) is 11.3 Å². The average Bonchev–Trinajstić information content (AvgIpc) is 2.46. The molecule has 1 heterocycles. The quantitative estimate of drug-likeness (QED) is 0.833. The van der Waals surface area contributed by atoms with Crippen molar-refractivity contribution in [2.24, 2.45) is 0 Å². The molecular weight excluding hydrogens is 346 g/mol. The smallest absolute Gasteiger partial charge is 0.274 e. The summed E-state index contributed by atoms with van der Waals surface area (Å²) < 4.78 is 5.54. The Hall–Kier alpha value is -1.66. The van der Waals surface area contributed by atoms with Crippen LogP contribution in [-0.2, 0) is 6.54 Å². The second-order valence-electron chi connectivity index (χ2n) is 3.87. The van der Waals surface area contributed by atoms with E-state index in [0.29, 0.717) is 17.0 Å². The van der Waals surface area contributed by atoms with Crippen LogP contribution in [0, 0.1) is 0 Å². The molecule has 2 rings (SSSR count). The molecule has 0 aliphatic rings. The molecule has 0 saturated carbocycles. The third-order valence-electron chi connectivity index (χ3n) is 2.55. The molecule has 0 aliphatic carbocycles. The Morgan fingerprint density at radius 3 is 2.70 bits per heavy atom. The number of aromatic nitrogens is 2. The first kappa shape index (κ1) is 14.7. The van der Waals surface area contributed by atoms with E-state index in [1.165, 1.54) is 6.20 Å². The number of nitrogens with zero attached hydrogens (tertiary/aromatic N) is 2. The number of rotatable bonds is 5. The predicted octanol–water partition coefficient (Wildman–Crippen LogP) is 3.24. The van der Waals surface area contributed by atoms with Gasteiger partial charge in [0.2, 0.25) is 0 Å². The largest absolute Gasteiger partial charge is 0.497 e. The lowest BCUT2D eigenvalue weighted by atomic mass is 10.2. The van der Waals surface area contributed by atoms with Crippen LogP contribution in [0.15, 0.2) is 35.1 Å². The van der Waals surface area contributed by atoms with E-state index in [-0.39, 0.29) is 5.69 Å². The van der Waals surface area contributed by atoms with Gasteiger partial charge in [-0.3, -0.25) is 4.79 Å². The second kappa shape index (κ2) is 6.67. The Balaban J connectivity index is 2.12. The Morgan fingerprint density at radius 1 is 1.40 bits per heavy atom. The third-order valence-corrected chi connectivity index (χ3v) is 3.11. The molecule has 0 bridgehead atoms. The monoisotopic (exact) mass is 355 g/mol. The minimum absolute atomic E-state index is 0.0922. The molecule has 1 N–H and O–H groups in total. The molecule has 0 spiro atoms. The van der Waals surface area contributed by atoms with E-state index in [4.69, 9.17) is 16.3 Å². The van der Waals surface area contributed by atoms with Gasteiger partial charge in [0.1, 0.15) is 10.4 Å². The molecule has 0 saturated heterocycles. The Labute approximate surface area is 129 Å². The van der Waals surface area contributed by atoms with Crippen molar-refractivity contribution in [3.05, 3.63) is 46.3 Å². The van der Waals surface area contributed by atoms with Crippen molar-refractivity contribution in [3.63, 3.8) is 0 Å². The summed E-state index contributed by atoms with van der Waals surface area (Å²) in [5.41, 5.74) is 1.11. The lowest BCUT2D eigenvalue weighted by molar-refractivity contribution is 0.107. The lowest BCUT2D eigenvalue weighted by Crippen LogP contribution is -2.08. The van der Waals surface area contributed by atoms with E-state index >= 15 is 0 Å². The van der Waals surface area contributed by atoms with Crippen LogP contribution in [0.4, 0.5) is 5.82 Å². The summed E-state index contributed by atoms with van der Waals surface area (Å²) in [4.78, 5) is 19.4. The van der Waals surface area contributed by atoms with Gasteiger partial charge in [0.05, 0.1) is 13.3 Å². The van der Waals surface area contributed by atoms with Crippen molar-refractivity contribution in [3.8, 4) is 5.75 Å². The summed E-state index contributed by atoms with van der Waals surface area (Å²) in [5, 5.41) is 2.38. The van der Waals surface area contributed by atoms with Gasteiger partial charge in [-0.2, -0.15) is 0 Å². The summed E-state index contributed by atoms with van der Waals surface area (Å²) >= 11 is 8.63. The molecule has 7 heteroatoms. The highest BCUT2D eigenvalue weighted by atomic mass is 79.9. The highest BCUT2D eigenvalue weighted by Crippen LogP contribution is 2.17. The standard InChI is InChI=1S/C13H11BrClN3O2/c1-20-9-4-2-8(3-5-9)6-16-13-11(12(15)19)18-10(14)7-17-13/h2-5,7H,6H2,1H3,(H,16,17). The van der Waals surface area contributed by atoms with Crippen LogP contribution in [0.25, 0.3) is 0 Å². The minimum atomic E-state index is -0.656. The number of nitrogens with one attached hydrogen (secondary N) is 1. The molecule has 5 nitrogen and oxygen atoms in total. The zero-order valence-corrected chi connectivity index (χ0v) is 12.9. The van der Waals surface area contributed by atoms with Crippen LogP contribution in [0.1, 0.15) is 16.1 Å². The third kappa shape index (κ3) is 3.68. The van der Waals surface area contributed by atoms with Crippen LogP contribution in [0.5, 0.6) is 5.75 Å². The van der Waals surface area contributed by atoms with Crippen molar-refractivity contribution in [2.75, 3.05) is 12.4 Å². The van der Waals surface area contributed by atoms with Gasteiger partial charge in [-0.1, -0.05) is 12.1 Å². The molecule has 0 unspecified atom stereocenters. The fourth-order valence-corrected chi connectivity index (χ4v) is 1.97. The molecule has 0 amide bonds. The predicted molar refractivity (Wildman–Crippen MR) is 80.2 cm³/mol. The Bertz CT molecular complexity index is 620. The molecule has 2 aromatic rings. The zero-order valence-electron chi connectivity index (χ0n) is 10.6. The van der Waals surface area contributed by atoms with E-state index in [2.05, 4.69) is 31.2 Å². The first-order valence-corrected chi connectivity index (χ1v) is 6.86. The molecule has 0 fully saturated rings. The lowest BCUT2D eigenvalue weighted by Gasteiger charge is -2.08. The van der Waals surface area contributed by atoms with E-state index in [9.17, 15) is 4.79 Å². The van der Waals surface area contributed by atoms with Gasteiger partial charge in [-0.15, -0.1) is 0 Å². The summed E-state index contributed by atoms with van der Waals surface area (Å²) in [5.74, 6) is 1.14. The number of halogens is 2. The molecule has 1 aromatic carbocycles. The van der Waals surface area contributed by atoms with Gasteiger partial charge in [0.25, 0.3) is 5.24 Å². The second-order valence-corrected chi connectivity index (χ2v) is 5.02. The SMILES string of the molecule is COc1ccc(CNc2ncc(Br)nc2C(=O)Cl)cc1. The van der Waals surface area contributed by atoms with Crippen molar-refractivity contribution >= 4 is 38.6 Å². The first-order chi connectivity index (χ1) is 9.60. The number of hydrogen-bond acceptors (Lipinski definition) is 5. The van der Waals surface area contributed by atoms with Crippen LogP contribution >= 0.6 is 27.5 Å². The number of methoxy groups -OCH3 is 1. The van der Waals surface area contributed by atoms with Crippen LogP contribution in [0.2, 0.25) is 0 Å². The molecule has 0 radical (unpaired) electrons. The highest BCUT2D eigenvalue weighted by Gasteiger charge is 2.13. The highest BCUT2D eigenvalue weighted by molar-refractivity contribution is 9.10. The van der Waals surface area contributed by atoms with Crippen LogP contribution in [0.3, 0.4) is 0 Å². The number of benzene rings is 1. The summed E-state index contributed by atoms with van der Waals surface area (Å²) in [6.45, 7) is 0.497. The van der Waals surface area contributed by atoms with Crippen molar-refractivity contribution in [2.45, 2.75) is 6.54 Å². The maximum absolute atomic E-state index is 11.3. The summed E-state index contributed by atoms with van der Waals surface area (Å²) in [7, 11) is 1.61. The fraction of sp³-hybridized carbons (Fsp3) is 0.154. The van der Waals surface area contributed by atoms with Crippen LogP contribution in [-0.4, -0.2) is 22.3 Å². The van der Waals surface area contributed by atoms with Gasteiger partial charge in [-0.05, 0) is 45.2 Å². The zero-order chi connectivity index (χ0) is 14.5. The van der Waals surface area contributed by atoms with E-state index in [1.807, 2.05) is 24.3 Å². The average molecular weight is 357 g/mol. The van der Waals surface area contributed by atoms with Gasteiger partial charge in [0, 0.05) is 6.54 Å². The molecular formula is C13H11BrClN3O2. The van der Waals surface area contributed by atoms with Crippen LogP contribution < -0.4 is 10.1 Å². The first-order valence-electron chi connectivity index (χ1n) is 5.69. The Morgan fingerprint density at radius 2 is 2.10 bits per heavy atom. The fourth-order valence-electron chi connectivity index (χ4n) is 1.56. The van der Waals surface area contributed by atoms with Gasteiger partial charge < -0.3 is 10.1 Å².